The van der Waals surface area contributed by atoms with Gasteiger partial charge in [-0.15, -0.1) is 0 Å². The second-order valence-electron chi connectivity index (χ2n) is 8.97. The summed E-state index contributed by atoms with van der Waals surface area (Å²) in [6.45, 7) is 7.24. The number of imide groups is 1. The Morgan fingerprint density at radius 2 is 1.74 bits per heavy atom. The van der Waals surface area contributed by atoms with Crippen LogP contribution in [0, 0.1) is 5.82 Å². The van der Waals surface area contributed by atoms with Crippen molar-refractivity contribution in [1.82, 2.24) is 15.3 Å². The van der Waals surface area contributed by atoms with Gasteiger partial charge in [-0.3, -0.25) is 19.7 Å². The van der Waals surface area contributed by atoms with Gasteiger partial charge in [-0.2, -0.15) is 5.06 Å². The van der Waals surface area contributed by atoms with Crippen LogP contribution in [0.2, 0.25) is 0 Å². The van der Waals surface area contributed by atoms with Crippen LogP contribution in [-0.2, 0) is 16.1 Å². The number of benzene rings is 1. The monoisotopic (exact) mass is 438 g/mol. The molecule has 2 saturated heterocycles. The molecular weight excluding hydrogens is 407 g/mol. The number of halogens is 1. The number of hydrogen-bond acceptors (Lipinski definition) is 7. The molecule has 0 aromatic heterocycles. The molecule has 1 atom stereocenters. The highest BCUT2D eigenvalue weighted by molar-refractivity contribution is 6.05. The molecule has 31 heavy (non-hydrogen) atoms. The maximum Gasteiger partial charge on any atom is 0.255 e. The van der Waals surface area contributed by atoms with E-state index in [4.69, 9.17) is 5.11 Å². The first-order chi connectivity index (χ1) is 14.4. The van der Waals surface area contributed by atoms with Crippen LogP contribution >= 0.6 is 0 Å². The summed E-state index contributed by atoms with van der Waals surface area (Å²) in [5, 5.41) is 21.4. The molecule has 1 unspecified atom stereocenters. The maximum absolute atomic E-state index is 14.6. The number of anilines is 1. The van der Waals surface area contributed by atoms with Crippen LogP contribution in [0.4, 0.5) is 10.1 Å². The second-order valence-corrected chi connectivity index (χ2v) is 8.97. The molecule has 1 aromatic rings. The van der Waals surface area contributed by atoms with E-state index in [1.165, 1.54) is 16.0 Å². The Bertz CT molecular complexity index is 878. The van der Waals surface area contributed by atoms with Gasteiger partial charge in [-0.25, -0.2) is 4.39 Å². The molecule has 3 aliphatic rings. The number of nitrogens with zero attached hydrogens (tertiary/aromatic N) is 3. The summed E-state index contributed by atoms with van der Waals surface area (Å²) in [4.78, 5) is 39.3. The predicted octanol–water partition coefficient (Wildman–Crippen LogP) is 1.12. The lowest BCUT2D eigenvalue weighted by atomic mass is 10.0. The molecular formula is C21H31FN4O5. The van der Waals surface area contributed by atoms with Gasteiger partial charge in [0, 0.05) is 46.1 Å². The molecule has 3 aliphatic heterocycles. The summed E-state index contributed by atoms with van der Waals surface area (Å²) in [6, 6.07) is 2.17. The molecule has 0 saturated carbocycles. The van der Waals surface area contributed by atoms with Crippen molar-refractivity contribution >= 4 is 23.4 Å². The lowest BCUT2D eigenvalue weighted by molar-refractivity contribution is -0.136. The molecule has 10 heteroatoms. The maximum atomic E-state index is 14.6. The topological polar surface area (TPSA) is 113 Å². The first-order valence-electron chi connectivity index (χ1n) is 10.3. The Hall–Kier alpha value is -2.56. The number of aliphatic hydroxyl groups is 1. The van der Waals surface area contributed by atoms with Gasteiger partial charge in [-0.05, 0) is 44.9 Å². The van der Waals surface area contributed by atoms with E-state index in [9.17, 15) is 24.0 Å². The van der Waals surface area contributed by atoms with Gasteiger partial charge >= 0.3 is 0 Å². The Morgan fingerprint density at radius 3 is 2.32 bits per heavy atom. The van der Waals surface area contributed by atoms with E-state index in [2.05, 4.69) is 5.32 Å². The number of carbonyl (C=O) groups is 3. The van der Waals surface area contributed by atoms with E-state index in [1.54, 1.807) is 26.8 Å². The number of piperidine rings is 1. The SMILES string of the molecule is CC(C)(C)O.O=C1CCC(N2Cc3cc(N4CCN(O)CC4)c(F)cc3C2=O)C(=O)N1.[HH]. The molecule has 0 radical (unpaired) electrons. The number of hydroxylamine groups is 2. The van der Waals surface area contributed by atoms with E-state index >= 15 is 0 Å². The van der Waals surface area contributed by atoms with Gasteiger partial charge in [0.1, 0.15) is 11.9 Å². The van der Waals surface area contributed by atoms with Crippen LogP contribution in [-0.4, -0.2) is 75.8 Å². The highest BCUT2D eigenvalue weighted by Crippen LogP contribution is 2.32. The third-order valence-electron chi connectivity index (χ3n) is 5.19. The minimum Gasteiger partial charge on any atom is -0.391 e. The number of nitrogens with one attached hydrogen (secondary N) is 1. The average Bonchev–Trinajstić information content (AvgIpc) is 2.96. The number of rotatable bonds is 2. The van der Waals surface area contributed by atoms with Crippen molar-refractivity contribution in [2.24, 2.45) is 0 Å². The highest BCUT2D eigenvalue weighted by atomic mass is 19.1. The van der Waals surface area contributed by atoms with E-state index in [1.807, 2.05) is 4.90 Å². The molecule has 0 bridgehead atoms. The number of amides is 3. The fourth-order valence-electron chi connectivity index (χ4n) is 3.76. The molecule has 172 valence electrons. The molecule has 1 aromatic carbocycles. The summed E-state index contributed by atoms with van der Waals surface area (Å²) in [5.41, 5.74) is 0.828. The number of carbonyl (C=O) groups excluding carboxylic acids is 3. The molecule has 3 N–H and O–H groups in total. The lowest BCUT2D eigenvalue weighted by Gasteiger charge is -2.33. The first kappa shape index (κ1) is 23.1. The predicted molar refractivity (Wildman–Crippen MR) is 112 cm³/mol. The smallest absolute Gasteiger partial charge is 0.255 e. The van der Waals surface area contributed by atoms with Crippen LogP contribution in [0.15, 0.2) is 12.1 Å². The summed E-state index contributed by atoms with van der Waals surface area (Å²) < 4.78 is 14.6. The average molecular weight is 439 g/mol. The quantitative estimate of drug-likeness (QED) is 0.593. The van der Waals surface area contributed by atoms with Crippen molar-refractivity contribution in [3.8, 4) is 0 Å². The summed E-state index contributed by atoms with van der Waals surface area (Å²) >= 11 is 0. The molecule has 2 fully saturated rings. The zero-order valence-corrected chi connectivity index (χ0v) is 18.0. The third kappa shape index (κ3) is 5.57. The van der Waals surface area contributed by atoms with Gasteiger partial charge in [0.2, 0.25) is 11.8 Å². The third-order valence-corrected chi connectivity index (χ3v) is 5.19. The summed E-state index contributed by atoms with van der Waals surface area (Å²) in [6.07, 6.45) is 0.458. The fraction of sp³-hybridized carbons (Fsp3) is 0.571. The van der Waals surface area contributed by atoms with Crippen molar-refractivity contribution < 1.29 is 30.5 Å². The minimum absolute atomic E-state index is 0. The van der Waals surface area contributed by atoms with Crippen LogP contribution in [0.1, 0.15) is 51.0 Å². The van der Waals surface area contributed by atoms with E-state index in [0.717, 1.165) is 0 Å². The Kier molecular flexibility index (Phi) is 6.63. The molecule has 3 amide bonds. The zero-order valence-electron chi connectivity index (χ0n) is 18.0. The summed E-state index contributed by atoms with van der Waals surface area (Å²) in [5.74, 6) is -1.71. The van der Waals surface area contributed by atoms with Crippen LogP contribution in [0.5, 0.6) is 0 Å². The number of hydrogen-bond donors (Lipinski definition) is 3. The minimum atomic E-state index is -0.711. The van der Waals surface area contributed by atoms with Gasteiger partial charge in [0.05, 0.1) is 11.3 Å². The Morgan fingerprint density at radius 1 is 1.13 bits per heavy atom. The standard InChI is InChI=1S/C17H19FN4O4.C4H10O.H2/c18-12-8-11-10(7-14(12)20-3-5-21(26)6-4-20)9-22(17(11)25)13-1-2-15(23)19-16(13)24;1-4(2,3)5;/h7-8,13,26H,1-6,9H2,(H,19,23,24);5H,1-3H3;1H. The number of piperazine rings is 1. The van der Waals surface area contributed by atoms with Gasteiger partial charge in [-0.1, -0.05) is 0 Å². The molecule has 9 nitrogen and oxygen atoms in total. The van der Waals surface area contributed by atoms with Gasteiger partial charge in [0.25, 0.3) is 5.91 Å². The molecule has 3 heterocycles. The highest BCUT2D eigenvalue weighted by Gasteiger charge is 2.39. The molecule has 0 spiro atoms. The van der Waals surface area contributed by atoms with Gasteiger partial charge in [0.15, 0.2) is 0 Å². The summed E-state index contributed by atoms with van der Waals surface area (Å²) in [7, 11) is 0. The van der Waals surface area contributed by atoms with Crippen molar-refractivity contribution in [1.29, 1.82) is 0 Å². The van der Waals surface area contributed by atoms with Crippen LogP contribution in [0.3, 0.4) is 0 Å². The second kappa shape index (κ2) is 8.89. The van der Waals surface area contributed by atoms with E-state index in [-0.39, 0.29) is 38.2 Å². The van der Waals surface area contributed by atoms with E-state index < -0.39 is 23.4 Å². The van der Waals surface area contributed by atoms with Crippen LogP contribution < -0.4 is 10.2 Å². The van der Waals surface area contributed by atoms with Gasteiger partial charge < -0.3 is 20.1 Å². The van der Waals surface area contributed by atoms with Crippen molar-refractivity contribution in [2.45, 2.75) is 51.8 Å². The Balaban J connectivity index is 0.000000548. The zero-order chi connectivity index (χ0) is 22.9. The number of fused-ring (bicyclic) bond motifs is 1. The molecule has 4 rings (SSSR count). The van der Waals surface area contributed by atoms with E-state index in [0.29, 0.717) is 37.4 Å². The molecule has 0 aliphatic carbocycles. The Labute approximate surface area is 181 Å². The lowest BCUT2D eigenvalue weighted by Crippen LogP contribution is -2.52. The fourth-order valence-corrected chi connectivity index (χ4v) is 3.76. The van der Waals surface area contributed by atoms with Crippen molar-refractivity contribution in [2.75, 3.05) is 31.1 Å². The largest absolute Gasteiger partial charge is 0.391 e. The van der Waals surface area contributed by atoms with Crippen molar-refractivity contribution in [3.63, 3.8) is 0 Å². The normalized spacial score (nSPS) is 22.1. The van der Waals surface area contributed by atoms with Crippen molar-refractivity contribution in [3.05, 3.63) is 29.1 Å². The first-order valence-corrected chi connectivity index (χ1v) is 10.3. The van der Waals surface area contributed by atoms with Crippen LogP contribution in [0.25, 0.3) is 0 Å².